The molecule has 3 rings (SSSR count). The molecule has 9 heteroatoms. The van der Waals surface area contributed by atoms with Crippen LogP contribution in [0.25, 0.3) is 0 Å². The number of amides is 1. The van der Waals surface area contributed by atoms with Crippen molar-refractivity contribution < 1.29 is 13.2 Å². The minimum absolute atomic E-state index is 0.0324. The van der Waals surface area contributed by atoms with E-state index >= 15 is 0 Å². The van der Waals surface area contributed by atoms with Crippen LogP contribution in [-0.2, 0) is 14.8 Å². The van der Waals surface area contributed by atoms with E-state index in [9.17, 15) is 13.2 Å². The van der Waals surface area contributed by atoms with Gasteiger partial charge in [-0.1, -0.05) is 18.5 Å². The number of hydrogen-bond acceptors (Lipinski definition) is 5. The number of rotatable bonds is 5. The zero-order chi connectivity index (χ0) is 19.7. The average molecular weight is 432 g/mol. The second-order valence-electron chi connectivity index (χ2n) is 7.18. The largest absolute Gasteiger partial charge is 0.352 e. The molecule has 2 fully saturated rings. The van der Waals surface area contributed by atoms with E-state index < -0.39 is 10.0 Å². The molecule has 2 heterocycles. The monoisotopic (exact) mass is 431 g/mol. The quantitative estimate of drug-likeness (QED) is 0.748. The van der Waals surface area contributed by atoms with Gasteiger partial charge < -0.3 is 5.32 Å². The Kier molecular flexibility index (Phi) is 6.42. The van der Waals surface area contributed by atoms with E-state index in [0.29, 0.717) is 36.7 Å². The van der Waals surface area contributed by atoms with Gasteiger partial charge in [-0.25, -0.2) is 8.42 Å². The third-order valence-corrected chi connectivity index (χ3v) is 9.01. The lowest BCUT2D eigenvalue weighted by molar-refractivity contribution is -0.123. The highest BCUT2D eigenvalue weighted by atomic mass is 35.5. The maximum atomic E-state index is 12.8. The number of nitrogens with zero attached hydrogens (tertiary/aromatic N) is 1. The molecule has 0 bridgehead atoms. The van der Waals surface area contributed by atoms with Crippen LogP contribution in [0, 0.1) is 0 Å². The lowest BCUT2D eigenvalue weighted by Gasteiger charge is -2.38. The molecule has 1 aromatic carbocycles. The van der Waals surface area contributed by atoms with Gasteiger partial charge >= 0.3 is 0 Å². The lowest BCUT2D eigenvalue weighted by atomic mass is 10.0. The van der Waals surface area contributed by atoms with Gasteiger partial charge in [-0.05, 0) is 50.5 Å². The maximum Gasteiger partial charge on any atom is 0.243 e. The molecule has 2 N–H and O–H groups in total. The summed E-state index contributed by atoms with van der Waals surface area (Å²) in [5.74, 6) is 0.747. The Morgan fingerprint density at radius 3 is 2.59 bits per heavy atom. The number of carbonyl (C=O) groups excluding carboxylic acids is 1. The highest BCUT2D eigenvalue weighted by molar-refractivity contribution is 8.01. The molecule has 0 radical (unpaired) electrons. The predicted molar refractivity (Wildman–Crippen MR) is 109 cm³/mol. The van der Waals surface area contributed by atoms with Gasteiger partial charge in [-0.3, -0.25) is 10.1 Å². The van der Waals surface area contributed by atoms with Crippen molar-refractivity contribution in [1.82, 2.24) is 14.9 Å². The highest BCUT2D eigenvalue weighted by Gasteiger charge is 2.45. The maximum absolute atomic E-state index is 12.8. The van der Waals surface area contributed by atoms with Crippen LogP contribution in [0.5, 0.6) is 0 Å². The molecule has 2 unspecified atom stereocenters. The summed E-state index contributed by atoms with van der Waals surface area (Å²) in [7, 11) is -3.52. The zero-order valence-electron chi connectivity index (χ0n) is 15.6. The third-order valence-electron chi connectivity index (χ3n) is 5.26. The first-order valence-corrected chi connectivity index (χ1v) is 12.0. The van der Waals surface area contributed by atoms with Crippen LogP contribution in [0.1, 0.15) is 33.1 Å². The van der Waals surface area contributed by atoms with Gasteiger partial charge in [-0.2, -0.15) is 4.31 Å². The van der Waals surface area contributed by atoms with Crippen molar-refractivity contribution in [3.8, 4) is 0 Å². The normalized spacial score (nSPS) is 24.0. The minimum Gasteiger partial charge on any atom is -0.352 e. The SMILES string of the molecule is CCC(C)NC(=O)C1CSC2(CCN(S(=O)(=O)c3ccc(Cl)cc3)CC2)N1. The Morgan fingerprint density at radius 2 is 2.00 bits per heavy atom. The Balaban J connectivity index is 1.60. The van der Waals surface area contributed by atoms with Crippen LogP contribution in [-0.4, -0.2) is 54.4 Å². The molecule has 2 aliphatic heterocycles. The first-order valence-electron chi connectivity index (χ1n) is 9.23. The van der Waals surface area contributed by atoms with E-state index in [1.165, 1.54) is 4.31 Å². The van der Waals surface area contributed by atoms with Crippen LogP contribution in [0.3, 0.4) is 0 Å². The first kappa shape index (κ1) is 20.9. The number of nitrogens with one attached hydrogen (secondary N) is 2. The lowest BCUT2D eigenvalue weighted by Crippen LogP contribution is -2.55. The van der Waals surface area contributed by atoms with Crippen molar-refractivity contribution in [2.24, 2.45) is 0 Å². The molecule has 0 aliphatic carbocycles. The Hall–Kier alpha value is -0.800. The smallest absolute Gasteiger partial charge is 0.243 e. The van der Waals surface area contributed by atoms with E-state index in [0.717, 1.165) is 6.42 Å². The van der Waals surface area contributed by atoms with Crippen molar-refractivity contribution >= 4 is 39.3 Å². The summed E-state index contributed by atoms with van der Waals surface area (Å²) in [6.45, 7) is 4.91. The summed E-state index contributed by atoms with van der Waals surface area (Å²) in [5.41, 5.74) is 0. The van der Waals surface area contributed by atoms with Gasteiger partial charge in [0.25, 0.3) is 0 Å². The minimum atomic E-state index is -3.52. The van der Waals surface area contributed by atoms with Crippen molar-refractivity contribution in [3.63, 3.8) is 0 Å². The number of carbonyl (C=O) groups is 1. The van der Waals surface area contributed by atoms with Gasteiger partial charge in [0.05, 0.1) is 15.8 Å². The highest BCUT2D eigenvalue weighted by Crippen LogP contribution is 2.40. The number of benzene rings is 1. The Morgan fingerprint density at radius 1 is 1.37 bits per heavy atom. The molecule has 1 aromatic rings. The molecule has 1 amide bonds. The first-order chi connectivity index (χ1) is 12.8. The summed E-state index contributed by atoms with van der Waals surface area (Å²) >= 11 is 7.59. The number of piperidine rings is 1. The van der Waals surface area contributed by atoms with Crippen LogP contribution < -0.4 is 10.6 Å². The fourth-order valence-corrected chi connectivity index (χ4v) is 6.35. The molecular weight excluding hydrogens is 406 g/mol. The predicted octanol–water partition coefficient (Wildman–Crippen LogP) is 2.44. The Labute approximate surface area is 170 Å². The molecule has 1 spiro atoms. The second kappa shape index (κ2) is 8.29. The molecule has 2 saturated heterocycles. The summed E-state index contributed by atoms with van der Waals surface area (Å²) in [5, 5.41) is 7.00. The van der Waals surface area contributed by atoms with Crippen LogP contribution >= 0.6 is 23.4 Å². The van der Waals surface area contributed by atoms with Crippen LogP contribution in [0.2, 0.25) is 5.02 Å². The van der Waals surface area contributed by atoms with Gasteiger partial charge in [0.2, 0.25) is 15.9 Å². The summed E-state index contributed by atoms with van der Waals surface area (Å²) in [4.78, 5) is 12.4. The topological polar surface area (TPSA) is 78.5 Å². The zero-order valence-corrected chi connectivity index (χ0v) is 18.0. The van der Waals surface area contributed by atoms with Crippen molar-refractivity contribution in [2.45, 2.75) is 55.0 Å². The molecule has 6 nitrogen and oxygen atoms in total. The Bertz CT molecular complexity index is 778. The molecule has 2 atom stereocenters. The molecule has 150 valence electrons. The van der Waals surface area contributed by atoms with Gasteiger partial charge in [0.15, 0.2) is 0 Å². The number of halogens is 1. The average Bonchev–Trinajstić information content (AvgIpc) is 3.06. The standard InChI is InChI=1S/C18H26ClN3O3S2/c1-3-13(2)20-17(23)16-12-26-18(21-16)8-10-22(11-9-18)27(24,25)15-6-4-14(19)5-7-15/h4-7,13,16,21H,3,8-12H2,1-2H3,(H,20,23). The molecule has 27 heavy (non-hydrogen) atoms. The third kappa shape index (κ3) is 4.62. The summed E-state index contributed by atoms with van der Waals surface area (Å²) in [6, 6.07) is 6.21. The van der Waals surface area contributed by atoms with E-state index in [1.54, 1.807) is 36.0 Å². The molecule has 2 aliphatic rings. The van der Waals surface area contributed by atoms with Crippen LogP contribution in [0.4, 0.5) is 0 Å². The number of hydrogen-bond donors (Lipinski definition) is 2. The number of thioether (sulfide) groups is 1. The van der Waals surface area contributed by atoms with E-state index in [1.807, 2.05) is 13.8 Å². The fourth-order valence-electron chi connectivity index (χ4n) is 3.36. The van der Waals surface area contributed by atoms with Crippen molar-refractivity contribution in [3.05, 3.63) is 29.3 Å². The molecule has 0 saturated carbocycles. The van der Waals surface area contributed by atoms with E-state index in [-0.39, 0.29) is 27.8 Å². The molecular formula is C18H26ClN3O3S2. The van der Waals surface area contributed by atoms with E-state index in [4.69, 9.17) is 11.6 Å². The summed E-state index contributed by atoms with van der Waals surface area (Å²) in [6.07, 6.45) is 2.25. The second-order valence-corrected chi connectivity index (χ2v) is 11.0. The number of sulfonamides is 1. The fraction of sp³-hybridized carbons (Fsp3) is 0.611. The van der Waals surface area contributed by atoms with Gasteiger partial charge in [0, 0.05) is 29.9 Å². The molecule has 0 aromatic heterocycles. The van der Waals surface area contributed by atoms with Crippen molar-refractivity contribution in [1.29, 1.82) is 0 Å². The van der Waals surface area contributed by atoms with Crippen LogP contribution in [0.15, 0.2) is 29.2 Å². The van der Waals surface area contributed by atoms with Gasteiger partial charge in [0.1, 0.15) is 0 Å². The van der Waals surface area contributed by atoms with Crippen molar-refractivity contribution in [2.75, 3.05) is 18.8 Å². The van der Waals surface area contributed by atoms with E-state index in [2.05, 4.69) is 10.6 Å². The summed E-state index contributed by atoms with van der Waals surface area (Å²) < 4.78 is 27.2. The van der Waals surface area contributed by atoms with Gasteiger partial charge in [-0.15, -0.1) is 11.8 Å².